The van der Waals surface area contributed by atoms with Crippen molar-refractivity contribution in [2.24, 2.45) is 12.8 Å². The SMILES string of the molecule is Cc1nn(C)c(C)c1-c1cc(C(=O)Nc2sc(C(N)=O)c(C)c2C(=O)OC(C)C)c2ccccc2n1. The first-order valence-electron chi connectivity index (χ1n) is 11.4. The first kappa shape index (κ1) is 25.1. The molecule has 0 atom stereocenters. The quantitative estimate of drug-likeness (QED) is 0.370. The summed E-state index contributed by atoms with van der Waals surface area (Å²) in [6.07, 6.45) is -0.380. The molecule has 0 saturated heterocycles. The zero-order valence-electron chi connectivity index (χ0n) is 20.9. The van der Waals surface area contributed by atoms with E-state index in [1.165, 1.54) is 0 Å². The Kier molecular flexibility index (Phi) is 6.64. The number of hydrogen-bond acceptors (Lipinski definition) is 7. The van der Waals surface area contributed by atoms with E-state index < -0.39 is 17.8 Å². The number of carbonyl (C=O) groups excluding carboxylic acids is 3. The van der Waals surface area contributed by atoms with E-state index in [2.05, 4.69) is 10.4 Å². The Labute approximate surface area is 212 Å². The lowest BCUT2D eigenvalue weighted by molar-refractivity contribution is 0.0379. The summed E-state index contributed by atoms with van der Waals surface area (Å²) in [5.41, 5.74) is 10.2. The minimum Gasteiger partial charge on any atom is -0.459 e. The fourth-order valence-electron chi connectivity index (χ4n) is 4.16. The molecule has 0 unspecified atom stereocenters. The molecule has 0 aliphatic heterocycles. The van der Waals surface area contributed by atoms with Crippen molar-refractivity contribution in [1.82, 2.24) is 14.8 Å². The fourth-order valence-corrected chi connectivity index (χ4v) is 5.20. The Hall–Kier alpha value is -4.05. The normalized spacial score (nSPS) is 11.2. The molecule has 9 nitrogen and oxygen atoms in total. The summed E-state index contributed by atoms with van der Waals surface area (Å²) in [5.74, 6) is -1.77. The molecule has 4 rings (SSSR count). The molecule has 4 aromatic rings. The van der Waals surface area contributed by atoms with E-state index in [-0.39, 0.29) is 21.5 Å². The van der Waals surface area contributed by atoms with Crippen LogP contribution in [0.15, 0.2) is 30.3 Å². The molecule has 3 N–H and O–H groups in total. The van der Waals surface area contributed by atoms with Crippen LogP contribution in [0, 0.1) is 20.8 Å². The number of anilines is 1. The summed E-state index contributed by atoms with van der Waals surface area (Å²) in [7, 11) is 1.85. The Balaban J connectivity index is 1.84. The topological polar surface area (TPSA) is 129 Å². The molecule has 0 fully saturated rings. The molecule has 3 aromatic heterocycles. The molecule has 0 aliphatic rings. The van der Waals surface area contributed by atoms with Gasteiger partial charge in [0, 0.05) is 23.7 Å². The maximum Gasteiger partial charge on any atom is 0.341 e. The highest BCUT2D eigenvalue weighted by Gasteiger charge is 2.27. The second-order valence-corrected chi connectivity index (χ2v) is 9.80. The molecule has 0 radical (unpaired) electrons. The molecule has 0 saturated carbocycles. The molecule has 0 spiro atoms. The summed E-state index contributed by atoms with van der Waals surface area (Å²) in [4.78, 5) is 43.4. The molecule has 3 heterocycles. The lowest BCUT2D eigenvalue weighted by atomic mass is 10.0. The van der Waals surface area contributed by atoms with Gasteiger partial charge in [0.1, 0.15) is 5.00 Å². The van der Waals surface area contributed by atoms with Crippen LogP contribution in [0.2, 0.25) is 0 Å². The van der Waals surface area contributed by atoms with E-state index in [1.807, 2.05) is 45.2 Å². The molecule has 2 amide bonds. The van der Waals surface area contributed by atoms with Crippen molar-refractivity contribution in [3.05, 3.63) is 63.3 Å². The van der Waals surface area contributed by atoms with Gasteiger partial charge in [-0.05, 0) is 52.3 Å². The first-order valence-corrected chi connectivity index (χ1v) is 12.2. The largest absolute Gasteiger partial charge is 0.459 e. The summed E-state index contributed by atoms with van der Waals surface area (Å²) in [6.45, 7) is 8.89. The van der Waals surface area contributed by atoms with Crippen LogP contribution in [-0.4, -0.2) is 38.7 Å². The number of pyridine rings is 1. The number of fused-ring (bicyclic) bond motifs is 1. The molecular weight excluding hydrogens is 478 g/mol. The number of benzene rings is 1. The number of nitrogens with one attached hydrogen (secondary N) is 1. The van der Waals surface area contributed by atoms with Gasteiger partial charge in [-0.2, -0.15) is 5.10 Å². The maximum atomic E-state index is 13.7. The Morgan fingerprint density at radius 3 is 2.44 bits per heavy atom. The lowest BCUT2D eigenvalue weighted by Gasteiger charge is -2.12. The van der Waals surface area contributed by atoms with Crippen LogP contribution in [-0.2, 0) is 11.8 Å². The Morgan fingerprint density at radius 1 is 1.14 bits per heavy atom. The monoisotopic (exact) mass is 505 g/mol. The number of rotatable bonds is 6. The summed E-state index contributed by atoms with van der Waals surface area (Å²) in [5, 5.41) is 8.15. The second kappa shape index (κ2) is 9.54. The van der Waals surface area contributed by atoms with Gasteiger partial charge in [0.2, 0.25) is 0 Å². The average Bonchev–Trinajstić information content (AvgIpc) is 3.26. The molecule has 0 bridgehead atoms. The molecule has 36 heavy (non-hydrogen) atoms. The molecular formula is C26H27N5O4S. The number of nitrogens with two attached hydrogens (primary N) is 1. The molecule has 10 heteroatoms. The number of carbonyl (C=O) groups is 3. The zero-order chi connectivity index (χ0) is 26.3. The van der Waals surface area contributed by atoms with Crippen molar-refractivity contribution in [2.75, 3.05) is 5.32 Å². The number of hydrogen-bond donors (Lipinski definition) is 2. The lowest BCUT2D eigenvalue weighted by Crippen LogP contribution is -2.17. The van der Waals surface area contributed by atoms with Crippen LogP contribution in [0.3, 0.4) is 0 Å². The first-order chi connectivity index (χ1) is 17.0. The number of esters is 1. The van der Waals surface area contributed by atoms with Crippen LogP contribution >= 0.6 is 11.3 Å². The Morgan fingerprint density at radius 2 is 1.83 bits per heavy atom. The number of ether oxygens (including phenoxy) is 1. The third-order valence-electron chi connectivity index (χ3n) is 5.87. The van der Waals surface area contributed by atoms with Gasteiger partial charge in [0.25, 0.3) is 11.8 Å². The van der Waals surface area contributed by atoms with Crippen molar-refractivity contribution in [2.45, 2.75) is 40.7 Å². The van der Waals surface area contributed by atoms with Crippen molar-refractivity contribution in [3.63, 3.8) is 0 Å². The standard InChI is InChI=1S/C26H27N5O4S/c1-12(2)35-26(34)20-13(3)22(23(27)32)36-25(20)29-24(33)17-11-19(21-14(4)30-31(6)15(21)5)28-18-10-8-7-9-16(17)18/h7-12H,1-6H3,(H2,27,32)(H,29,33). The van der Waals surface area contributed by atoms with E-state index in [1.54, 1.807) is 31.5 Å². The highest BCUT2D eigenvalue weighted by molar-refractivity contribution is 7.18. The third-order valence-corrected chi connectivity index (χ3v) is 7.09. The number of aromatic nitrogens is 3. The highest BCUT2D eigenvalue weighted by Crippen LogP contribution is 2.35. The van der Waals surface area contributed by atoms with Crippen LogP contribution in [0.5, 0.6) is 0 Å². The highest BCUT2D eigenvalue weighted by atomic mass is 32.1. The zero-order valence-corrected chi connectivity index (χ0v) is 21.7. The molecule has 0 aliphatic carbocycles. The predicted octanol–water partition coefficient (Wildman–Crippen LogP) is 4.54. The summed E-state index contributed by atoms with van der Waals surface area (Å²) in [6, 6.07) is 9.05. The smallest absolute Gasteiger partial charge is 0.341 e. The van der Waals surface area contributed by atoms with E-state index in [0.717, 1.165) is 28.3 Å². The van der Waals surface area contributed by atoms with Crippen LogP contribution in [0.4, 0.5) is 5.00 Å². The van der Waals surface area contributed by atoms with Gasteiger partial charge in [-0.3, -0.25) is 14.3 Å². The van der Waals surface area contributed by atoms with Gasteiger partial charge in [0.15, 0.2) is 0 Å². The second-order valence-electron chi connectivity index (χ2n) is 8.77. The van der Waals surface area contributed by atoms with Crippen molar-refractivity contribution in [3.8, 4) is 11.3 Å². The number of para-hydroxylation sites is 1. The minimum atomic E-state index is -0.684. The van der Waals surface area contributed by atoms with Crippen molar-refractivity contribution >= 4 is 45.0 Å². The van der Waals surface area contributed by atoms with Crippen molar-refractivity contribution < 1.29 is 19.1 Å². The van der Waals surface area contributed by atoms with Crippen LogP contribution < -0.4 is 11.1 Å². The predicted molar refractivity (Wildman–Crippen MR) is 139 cm³/mol. The van der Waals surface area contributed by atoms with Gasteiger partial charge >= 0.3 is 5.97 Å². The number of aryl methyl sites for hydroxylation is 2. The Bertz CT molecular complexity index is 1530. The van der Waals surface area contributed by atoms with Gasteiger partial charge < -0.3 is 15.8 Å². The third kappa shape index (κ3) is 4.47. The number of nitrogens with zero attached hydrogens (tertiary/aromatic N) is 3. The summed E-state index contributed by atoms with van der Waals surface area (Å²) >= 11 is 0.951. The van der Waals surface area contributed by atoms with Gasteiger partial charge in [-0.1, -0.05) is 18.2 Å². The van der Waals surface area contributed by atoms with E-state index in [4.69, 9.17) is 15.5 Å². The molecule has 186 valence electrons. The van der Waals surface area contributed by atoms with Crippen LogP contribution in [0.25, 0.3) is 22.2 Å². The van der Waals surface area contributed by atoms with Gasteiger partial charge in [0.05, 0.1) is 39.0 Å². The number of amides is 2. The van der Waals surface area contributed by atoms with E-state index in [0.29, 0.717) is 27.7 Å². The maximum absolute atomic E-state index is 13.7. The number of primary amides is 1. The van der Waals surface area contributed by atoms with E-state index in [9.17, 15) is 14.4 Å². The van der Waals surface area contributed by atoms with Gasteiger partial charge in [-0.25, -0.2) is 9.78 Å². The fraction of sp³-hybridized carbons (Fsp3) is 0.269. The molecule has 1 aromatic carbocycles. The minimum absolute atomic E-state index is 0.119. The summed E-state index contributed by atoms with van der Waals surface area (Å²) < 4.78 is 7.13. The average molecular weight is 506 g/mol. The van der Waals surface area contributed by atoms with Crippen LogP contribution in [0.1, 0.15) is 61.2 Å². The van der Waals surface area contributed by atoms with E-state index >= 15 is 0 Å². The number of thiophene rings is 1. The van der Waals surface area contributed by atoms with Crippen molar-refractivity contribution in [1.29, 1.82) is 0 Å². The van der Waals surface area contributed by atoms with Gasteiger partial charge in [-0.15, -0.1) is 11.3 Å².